The first-order valence-corrected chi connectivity index (χ1v) is 11.6. The van der Waals surface area contributed by atoms with Crippen LogP contribution in [0.3, 0.4) is 0 Å². The van der Waals surface area contributed by atoms with E-state index in [1.807, 2.05) is 40.6 Å². The number of anilines is 1. The highest BCUT2D eigenvalue weighted by Gasteiger charge is 2.31. The topological polar surface area (TPSA) is 120 Å². The Labute approximate surface area is 201 Å². The van der Waals surface area contributed by atoms with Gasteiger partial charge in [0.05, 0.1) is 36.6 Å². The van der Waals surface area contributed by atoms with Crippen molar-refractivity contribution in [1.29, 1.82) is 0 Å². The lowest BCUT2D eigenvalue weighted by Crippen LogP contribution is -2.42. The first kappa shape index (κ1) is 22.6. The molecule has 35 heavy (non-hydrogen) atoms. The van der Waals surface area contributed by atoms with Crippen molar-refractivity contribution < 1.29 is 18.7 Å². The summed E-state index contributed by atoms with van der Waals surface area (Å²) < 4.78 is 14.0. The molecular weight excluding hydrogens is 450 g/mol. The van der Waals surface area contributed by atoms with E-state index in [2.05, 4.69) is 15.4 Å². The summed E-state index contributed by atoms with van der Waals surface area (Å²) in [5.74, 6) is 1.04. The van der Waals surface area contributed by atoms with Crippen LogP contribution in [0.15, 0.2) is 47.5 Å². The molecule has 1 aliphatic heterocycles. The maximum absolute atomic E-state index is 12.8. The summed E-state index contributed by atoms with van der Waals surface area (Å²) in [6, 6.07) is 5.74. The molecule has 4 heterocycles. The van der Waals surface area contributed by atoms with Gasteiger partial charge in [-0.15, -0.1) is 0 Å². The monoisotopic (exact) mass is 477 g/mol. The average molecular weight is 478 g/mol. The maximum Gasteiger partial charge on any atom is 0.414 e. The van der Waals surface area contributed by atoms with Gasteiger partial charge in [0, 0.05) is 37.0 Å². The van der Waals surface area contributed by atoms with Crippen LogP contribution >= 0.6 is 0 Å². The van der Waals surface area contributed by atoms with Gasteiger partial charge in [0.2, 0.25) is 11.8 Å². The first-order chi connectivity index (χ1) is 17.0. The van der Waals surface area contributed by atoms with Crippen molar-refractivity contribution in [1.82, 2.24) is 29.6 Å². The zero-order chi connectivity index (χ0) is 24.4. The van der Waals surface area contributed by atoms with Crippen molar-refractivity contribution >= 4 is 28.7 Å². The number of hydrogen-bond donors (Lipinski definition) is 1. The van der Waals surface area contributed by atoms with E-state index in [1.54, 1.807) is 17.3 Å². The molecule has 11 nitrogen and oxygen atoms in total. The lowest BCUT2D eigenvalue weighted by atomic mass is 9.96. The Bertz CT molecular complexity index is 1330. The van der Waals surface area contributed by atoms with E-state index in [1.165, 1.54) is 13.4 Å². The summed E-state index contributed by atoms with van der Waals surface area (Å²) in [4.78, 5) is 36.0. The minimum absolute atomic E-state index is 0.0229. The Morgan fingerprint density at radius 2 is 2.17 bits per heavy atom. The fourth-order valence-corrected chi connectivity index (χ4v) is 4.58. The largest absolute Gasteiger partial charge is 0.452 e. The highest BCUT2D eigenvalue weighted by Crippen LogP contribution is 2.36. The number of aromatic nitrogens is 5. The molecule has 0 spiro atoms. The molecule has 0 radical (unpaired) electrons. The molecule has 0 unspecified atom stereocenters. The lowest BCUT2D eigenvalue weighted by molar-refractivity contribution is -0.121. The number of amides is 2. The Morgan fingerprint density at radius 1 is 1.29 bits per heavy atom. The summed E-state index contributed by atoms with van der Waals surface area (Å²) >= 11 is 0. The van der Waals surface area contributed by atoms with E-state index in [-0.39, 0.29) is 31.1 Å². The minimum Gasteiger partial charge on any atom is -0.452 e. The SMILES string of the molecule is COC(=O)N1c2ccc3c(nc(CCn4cccn4)n3CC(=O)NCc3ncco3)c2CC[C@@H]1C. The fourth-order valence-electron chi connectivity index (χ4n) is 4.58. The van der Waals surface area contributed by atoms with Gasteiger partial charge in [-0.05, 0) is 38.0 Å². The van der Waals surface area contributed by atoms with Crippen molar-refractivity contribution in [2.45, 2.75) is 51.9 Å². The van der Waals surface area contributed by atoms with Gasteiger partial charge in [-0.1, -0.05) is 0 Å². The summed E-state index contributed by atoms with van der Waals surface area (Å²) in [5.41, 5.74) is 3.45. The lowest BCUT2D eigenvalue weighted by Gasteiger charge is -2.34. The quantitative estimate of drug-likeness (QED) is 0.434. The van der Waals surface area contributed by atoms with E-state index < -0.39 is 0 Å². The predicted molar refractivity (Wildman–Crippen MR) is 127 cm³/mol. The van der Waals surface area contributed by atoms with Crippen molar-refractivity contribution in [3.8, 4) is 0 Å². The number of methoxy groups -OCH3 is 1. The average Bonchev–Trinajstić information content (AvgIpc) is 3.63. The number of hydrogen-bond acceptors (Lipinski definition) is 7. The number of carbonyl (C=O) groups is 2. The Balaban J connectivity index is 1.49. The smallest absolute Gasteiger partial charge is 0.414 e. The number of aryl methyl sites for hydroxylation is 3. The van der Waals surface area contributed by atoms with Gasteiger partial charge in [-0.3, -0.25) is 14.4 Å². The number of benzene rings is 1. The van der Waals surface area contributed by atoms with Crippen LogP contribution in [-0.4, -0.2) is 49.5 Å². The third kappa shape index (κ3) is 4.48. The van der Waals surface area contributed by atoms with Crippen molar-refractivity contribution in [2.24, 2.45) is 0 Å². The number of imidazole rings is 1. The van der Waals surface area contributed by atoms with Crippen LogP contribution in [0.4, 0.5) is 10.5 Å². The molecule has 1 aliphatic rings. The molecule has 1 aromatic carbocycles. The molecule has 0 saturated heterocycles. The van der Waals surface area contributed by atoms with E-state index in [9.17, 15) is 9.59 Å². The molecule has 2 amide bonds. The predicted octanol–water partition coefficient (Wildman–Crippen LogP) is 2.69. The van der Waals surface area contributed by atoms with Gasteiger partial charge in [-0.2, -0.15) is 5.10 Å². The zero-order valence-electron chi connectivity index (χ0n) is 19.7. The number of rotatable bonds is 7. The molecule has 1 N–H and O–H groups in total. The first-order valence-electron chi connectivity index (χ1n) is 11.6. The van der Waals surface area contributed by atoms with Crippen LogP contribution in [0.2, 0.25) is 0 Å². The summed E-state index contributed by atoms with van der Waals surface area (Å²) in [6.45, 7) is 2.95. The molecule has 0 saturated carbocycles. The van der Waals surface area contributed by atoms with E-state index in [4.69, 9.17) is 14.1 Å². The van der Waals surface area contributed by atoms with Gasteiger partial charge in [-0.25, -0.2) is 14.8 Å². The van der Waals surface area contributed by atoms with Crippen molar-refractivity contribution in [2.75, 3.05) is 12.0 Å². The number of oxazole rings is 1. The molecule has 0 bridgehead atoms. The molecule has 4 aromatic rings. The summed E-state index contributed by atoms with van der Waals surface area (Å²) in [5, 5.41) is 7.13. The van der Waals surface area contributed by atoms with Crippen LogP contribution < -0.4 is 10.2 Å². The minimum atomic E-state index is -0.387. The Morgan fingerprint density at radius 3 is 2.91 bits per heavy atom. The molecule has 3 aromatic heterocycles. The number of ether oxygens (including phenoxy) is 1. The molecule has 5 rings (SSSR count). The second-order valence-corrected chi connectivity index (χ2v) is 8.49. The normalized spacial score (nSPS) is 15.3. The number of nitrogens with zero attached hydrogens (tertiary/aromatic N) is 6. The molecule has 11 heteroatoms. The molecule has 1 atom stereocenters. The van der Waals surface area contributed by atoms with E-state index >= 15 is 0 Å². The Hall–Kier alpha value is -4.15. The third-order valence-corrected chi connectivity index (χ3v) is 6.31. The molecule has 182 valence electrons. The second-order valence-electron chi connectivity index (χ2n) is 8.49. The van der Waals surface area contributed by atoms with Gasteiger partial charge in [0.1, 0.15) is 18.6 Å². The van der Waals surface area contributed by atoms with Crippen LogP contribution in [0.5, 0.6) is 0 Å². The molecule has 0 aliphatic carbocycles. The Kier molecular flexibility index (Phi) is 6.21. The van der Waals surface area contributed by atoms with Gasteiger partial charge >= 0.3 is 6.09 Å². The van der Waals surface area contributed by atoms with Gasteiger partial charge in [0.15, 0.2) is 0 Å². The van der Waals surface area contributed by atoms with Gasteiger partial charge in [0.25, 0.3) is 0 Å². The third-order valence-electron chi connectivity index (χ3n) is 6.31. The number of carbonyl (C=O) groups excluding carboxylic acids is 2. The summed E-state index contributed by atoms with van der Waals surface area (Å²) in [7, 11) is 1.39. The molecule has 0 fully saturated rings. The van der Waals surface area contributed by atoms with Crippen molar-refractivity contribution in [3.05, 3.63) is 60.3 Å². The number of nitrogens with one attached hydrogen (secondary N) is 1. The van der Waals surface area contributed by atoms with Crippen LogP contribution in [0.1, 0.15) is 30.6 Å². The van der Waals surface area contributed by atoms with Crippen LogP contribution in [0, 0.1) is 0 Å². The second kappa shape index (κ2) is 9.61. The van der Waals surface area contributed by atoms with Crippen LogP contribution in [0.25, 0.3) is 11.0 Å². The van der Waals surface area contributed by atoms with E-state index in [0.29, 0.717) is 18.9 Å². The van der Waals surface area contributed by atoms with E-state index in [0.717, 1.165) is 41.0 Å². The number of fused-ring (bicyclic) bond motifs is 3. The van der Waals surface area contributed by atoms with Gasteiger partial charge < -0.3 is 19.0 Å². The van der Waals surface area contributed by atoms with Crippen LogP contribution in [-0.2, 0) is 42.0 Å². The highest BCUT2D eigenvalue weighted by molar-refractivity contribution is 5.95. The fraction of sp³-hybridized carbons (Fsp3) is 0.375. The zero-order valence-corrected chi connectivity index (χ0v) is 19.7. The highest BCUT2D eigenvalue weighted by atomic mass is 16.5. The maximum atomic E-state index is 12.8. The summed E-state index contributed by atoms with van der Waals surface area (Å²) in [6.07, 6.45) is 8.43. The van der Waals surface area contributed by atoms with Crippen molar-refractivity contribution in [3.63, 3.8) is 0 Å². The standard InChI is InChI=1S/C24H27N7O4/c1-16-4-5-17-18(31(16)24(33)34-2)6-7-19-23(17)28-20(8-12-29-11-3-9-27-29)30(19)15-21(32)26-14-22-25-10-13-35-22/h3,6-7,9-11,13,16H,4-5,8,12,14-15H2,1-2H3,(H,26,32)/t16-/m0/s1. The molecular formula is C24H27N7O4.